The second-order valence-electron chi connectivity index (χ2n) is 7.20. The largest absolute Gasteiger partial charge is 0.491 e. The highest BCUT2D eigenvalue weighted by Crippen LogP contribution is 2.35. The summed E-state index contributed by atoms with van der Waals surface area (Å²) in [6, 6.07) is 7.63. The number of hydrogen-bond acceptors (Lipinski definition) is 6. The average Bonchev–Trinajstić information content (AvgIpc) is 3.33. The number of hydrogen-bond donors (Lipinski definition) is 1. The van der Waals surface area contributed by atoms with Gasteiger partial charge in [-0.1, -0.05) is 0 Å². The van der Waals surface area contributed by atoms with Gasteiger partial charge < -0.3 is 24.1 Å². The van der Waals surface area contributed by atoms with Crippen LogP contribution in [-0.4, -0.2) is 47.3 Å². The molecule has 3 aromatic rings. The van der Waals surface area contributed by atoms with Gasteiger partial charge in [0.05, 0.1) is 31.8 Å². The molecule has 1 amide bonds. The number of nitrogens with one attached hydrogen (secondary N) is 1. The Balaban J connectivity index is 1.74. The maximum atomic E-state index is 11.6. The third-order valence-electron chi connectivity index (χ3n) is 5.30. The number of benzene rings is 1. The van der Waals surface area contributed by atoms with Crippen molar-refractivity contribution in [3.63, 3.8) is 0 Å². The molecule has 8 heteroatoms. The number of methoxy groups -OCH3 is 2. The van der Waals surface area contributed by atoms with Gasteiger partial charge in [-0.15, -0.1) is 0 Å². The molecular weight excluding hydrogens is 372 g/mol. The van der Waals surface area contributed by atoms with E-state index in [0.717, 1.165) is 22.3 Å². The minimum Gasteiger partial charge on any atom is -0.491 e. The van der Waals surface area contributed by atoms with E-state index < -0.39 is 0 Å². The van der Waals surface area contributed by atoms with E-state index >= 15 is 0 Å². The fraction of sp³-hybridized carbons (Fsp3) is 0.381. The number of imidazole rings is 1. The van der Waals surface area contributed by atoms with E-state index in [0.29, 0.717) is 30.3 Å². The molecule has 1 aliphatic rings. The van der Waals surface area contributed by atoms with E-state index in [4.69, 9.17) is 14.2 Å². The summed E-state index contributed by atoms with van der Waals surface area (Å²) in [5.41, 5.74) is 3.30. The highest BCUT2D eigenvalue weighted by atomic mass is 16.5. The Morgan fingerprint density at radius 3 is 2.72 bits per heavy atom. The summed E-state index contributed by atoms with van der Waals surface area (Å²) in [6.07, 6.45) is 2.11. The molecular formula is C21H24N4O4. The van der Waals surface area contributed by atoms with E-state index in [1.54, 1.807) is 20.5 Å². The number of carbonyl (C=O) groups is 1. The van der Waals surface area contributed by atoms with E-state index in [1.807, 2.05) is 42.8 Å². The lowest BCUT2D eigenvalue weighted by Gasteiger charge is -2.21. The Hall–Kier alpha value is -3.29. The van der Waals surface area contributed by atoms with E-state index in [9.17, 15) is 4.79 Å². The molecule has 0 saturated carbocycles. The number of amides is 1. The van der Waals surface area contributed by atoms with Gasteiger partial charge >= 0.3 is 0 Å². The van der Waals surface area contributed by atoms with Crippen LogP contribution >= 0.6 is 0 Å². The molecule has 2 atom stereocenters. The van der Waals surface area contributed by atoms with Crippen LogP contribution < -0.4 is 19.5 Å². The predicted octanol–water partition coefficient (Wildman–Crippen LogP) is 2.56. The van der Waals surface area contributed by atoms with E-state index in [1.165, 1.54) is 0 Å². The van der Waals surface area contributed by atoms with Crippen LogP contribution in [0.15, 0.2) is 30.6 Å². The van der Waals surface area contributed by atoms with Gasteiger partial charge in [0.15, 0.2) is 5.75 Å². The maximum absolute atomic E-state index is 11.6. The van der Waals surface area contributed by atoms with Crippen LogP contribution in [0.25, 0.3) is 22.3 Å². The first kappa shape index (κ1) is 19.0. The molecule has 1 fully saturated rings. The smallest absolute Gasteiger partial charge is 0.257 e. The van der Waals surface area contributed by atoms with Gasteiger partial charge in [-0.05, 0) is 31.2 Å². The van der Waals surface area contributed by atoms with Crippen LogP contribution in [0.5, 0.6) is 17.4 Å². The number of nitrogens with zero attached hydrogens (tertiary/aromatic N) is 3. The van der Waals surface area contributed by atoms with Crippen molar-refractivity contribution >= 4 is 16.9 Å². The van der Waals surface area contributed by atoms with Crippen molar-refractivity contribution in [3.05, 3.63) is 30.6 Å². The molecule has 29 heavy (non-hydrogen) atoms. The van der Waals surface area contributed by atoms with Crippen LogP contribution in [0.2, 0.25) is 0 Å². The Bertz CT molecular complexity index is 1060. The molecule has 3 heterocycles. The topological polar surface area (TPSA) is 87.5 Å². The van der Waals surface area contributed by atoms with Crippen molar-refractivity contribution < 1.29 is 19.0 Å². The summed E-state index contributed by atoms with van der Waals surface area (Å²) in [6.45, 7) is 2.62. The van der Waals surface area contributed by atoms with Crippen LogP contribution in [0.3, 0.4) is 0 Å². The second kappa shape index (κ2) is 7.62. The van der Waals surface area contributed by atoms with Crippen molar-refractivity contribution in [2.75, 3.05) is 20.8 Å². The molecule has 2 aromatic heterocycles. The van der Waals surface area contributed by atoms with Gasteiger partial charge in [0.1, 0.15) is 17.4 Å². The zero-order valence-corrected chi connectivity index (χ0v) is 16.9. The second-order valence-corrected chi connectivity index (χ2v) is 7.20. The van der Waals surface area contributed by atoms with Crippen LogP contribution in [0.4, 0.5) is 0 Å². The number of pyridine rings is 1. The Kier molecular flexibility index (Phi) is 5.00. The molecule has 0 radical (unpaired) electrons. The SMILES string of the molecule is COc1ccc(-c2cc(OC(C)[C@H]3CNC(=O)C3)c3c(c2)ncn3C)nc1OC. The molecule has 0 aliphatic carbocycles. The fourth-order valence-corrected chi connectivity index (χ4v) is 3.64. The van der Waals surface area contributed by atoms with Crippen molar-refractivity contribution in [3.8, 4) is 28.6 Å². The van der Waals surface area contributed by atoms with E-state index in [2.05, 4.69) is 15.3 Å². The Labute approximate surface area is 168 Å². The van der Waals surface area contributed by atoms with Crippen molar-refractivity contribution in [1.29, 1.82) is 0 Å². The molecule has 1 N–H and O–H groups in total. The van der Waals surface area contributed by atoms with Crippen molar-refractivity contribution in [1.82, 2.24) is 19.9 Å². The normalized spacial score (nSPS) is 17.2. The zero-order valence-electron chi connectivity index (χ0n) is 16.9. The molecule has 0 bridgehead atoms. The van der Waals surface area contributed by atoms with Gasteiger partial charge in [0.2, 0.25) is 5.91 Å². The van der Waals surface area contributed by atoms with Crippen molar-refractivity contribution in [2.45, 2.75) is 19.4 Å². The van der Waals surface area contributed by atoms with Gasteiger partial charge in [-0.25, -0.2) is 9.97 Å². The molecule has 1 aliphatic heterocycles. The first-order chi connectivity index (χ1) is 14.0. The predicted molar refractivity (Wildman–Crippen MR) is 108 cm³/mol. The monoisotopic (exact) mass is 396 g/mol. The maximum Gasteiger partial charge on any atom is 0.257 e. The summed E-state index contributed by atoms with van der Waals surface area (Å²) in [7, 11) is 5.07. The number of carbonyl (C=O) groups excluding carboxylic acids is 1. The lowest BCUT2D eigenvalue weighted by atomic mass is 10.0. The summed E-state index contributed by atoms with van der Waals surface area (Å²) in [5.74, 6) is 1.89. The lowest BCUT2D eigenvalue weighted by molar-refractivity contribution is -0.119. The van der Waals surface area contributed by atoms with Gasteiger partial charge in [-0.2, -0.15) is 0 Å². The molecule has 1 aromatic carbocycles. The zero-order chi connectivity index (χ0) is 20.5. The average molecular weight is 396 g/mol. The molecule has 1 unspecified atom stereocenters. The molecule has 152 valence electrons. The lowest BCUT2D eigenvalue weighted by Crippen LogP contribution is -2.25. The van der Waals surface area contributed by atoms with Crippen LogP contribution in [0.1, 0.15) is 13.3 Å². The molecule has 8 nitrogen and oxygen atoms in total. The third kappa shape index (κ3) is 3.57. The third-order valence-corrected chi connectivity index (χ3v) is 5.30. The number of aryl methyl sites for hydroxylation is 1. The highest BCUT2D eigenvalue weighted by Gasteiger charge is 2.28. The summed E-state index contributed by atoms with van der Waals surface area (Å²) in [5, 5.41) is 2.87. The molecule has 1 saturated heterocycles. The van der Waals surface area contributed by atoms with Crippen LogP contribution in [0, 0.1) is 5.92 Å². The summed E-state index contributed by atoms with van der Waals surface area (Å²) < 4.78 is 18.9. The molecule has 0 spiro atoms. The Morgan fingerprint density at radius 2 is 2.03 bits per heavy atom. The molecule has 4 rings (SSSR count). The summed E-state index contributed by atoms with van der Waals surface area (Å²) in [4.78, 5) is 20.6. The number of ether oxygens (including phenoxy) is 3. The summed E-state index contributed by atoms with van der Waals surface area (Å²) >= 11 is 0. The first-order valence-corrected chi connectivity index (χ1v) is 9.48. The number of rotatable bonds is 6. The van der Waals surface area contributed by atoms with Crippen molar-refractivity contribution in [2.24, 2.45) is 13.0 Å². The minimum atomic E-state index is -0.124. The standard InChI is InChI=1S/C21H24N4O4/c1-12(14-9-19(26)22-10-14)29-18-8-13(7-16-20(18)25(2)11-23-16)15-5-6-17(27-3)21(24-15)28-4/h5-8,11-12,14H,9-10H2,1-4H3,(H,22,26)/t12?,14-/m1/s1. The quantitative estimate of drug-likeness (QED) is 0.689. The minimum absolute atomic E-state index is 0.0689. The van der Waals surface area contributed by atoms with E-state index in [-0.39, 0.29) is 17.9 Å². The Morgan fingerprint density at radius 1 is 1.21 bits per heavy atom. The van der Waals surface area contributed by atoms with Gasteiger partial charge in [0, 0.05) is 31.5 Å². The van der Waals surface area contributed by atoms with Gasteiger partial charge in [-0.3, -0.25) is 4.79 Å². The van der Waals surface area contributed by atoms with Gasteiger partial charge in [0.25, 0.3) is 5.88 Å². The number of fused-ring (bicyclic) bond motifs is 1. The number of aromatic nitrogens is 3. The fourth-order valence-electron chi connectivity index (χ4n) is 3.64. The highest BCUT2D eigenvalue weighted by molar-refractivity contribution is 5.87. The first-order valence-electron chi connectivity index (χ1n) is 9.48. The van der Waals surface area contributed by atoms with Crippen LogP contribution in [-0.2, 0) is 11.8 Å².